The fourth-order valence-corrected chi connectivity index (χ4v) is 13.2. The molecule has 17 rings (SSSR count). The first kappa shape index (κ1) is 49.9. The topological polar surface area (TPSA) is 107 Å². The lowest BCUT2D eigenvalue weighted by Gasteiger charge is -2.18. The van der Waals surface area contributed by atoms with E-state index in [0.717, 1.165) is 132 Å². The second-order valence-electron chi connectivity index (χ2n) is 21.8. The van der Waals surface area contributed by atoms with Crippen molar-refractivity contribution in [2.75, 3.05) is 0 Å². The summed E-state index contributed by atoms with van der Waals surface area (Å²) in [5, 5.41) is 18.6. The van der Waals surface area contributed by atoms with E-state index in [4.69, 9.17) is 36.9 Å². The van der Waals surface area contributed by atoms with Gasteiger partial charge in [-0.1, -0.05) is 170 Å². The van der Waals surface area contributed by atoms with Crippen LogP contribution in [-0.2, 0) is 0 Å². The molecule has 0 aliphatic rings. The highest BCUT2D eigenvalue weighted by Gasteiger charge is 2.27. The number of nitrogens with zero attached hydrogens (tertiary/aromatic N) is 8. The number of benzene rings is 12. The van der Waals surface area contributed by atoms with Crippen LogP contribution >= 0.6 is 0 Å². The molecule has 5 heterocycles. The van der Waals surface area contributed by atoms with Crippen LogP contribution in [0.2, 0.25) is 0 Å². The number of fused-ring (bicyclic) bond motifs is 14. The average Bonchev–Trinajstić information content (AvgIpc) is 2.19. The normalized spacial score (nSPS) is 11.6. The monoisotopic (exact) mass is 1120 g/mol. The van der Waals surface area contributed by atoms with E-state index in [9.17, 15) is 5.26 Å². The second-order valence-corrected chi connectivity index (χ2v) is 21.8. The van der Waals surface area contributed by atoms with E-state index in [2.05, 4.69) is 134 Å². The van der Waals surface area contributed by atoms with Crippen molar-refractivity contribution in [2.45, 2.75) is 0 Å². The lowest BCUT2D eigenvalue weighted by Crippen LogP contribution is -2.06. The van der Waals surface area contributed by atoms with Crippen LogP contribution in [0.5, 0.6) is 0 Å². The van der Waals surface area contributed by atoms with Gasteiger partial charge in [0.15, 0.2) is 28.8 Å². The Balaban J connectivity index is 0.985. The molecule has 10 nitrogen and oxygen atoms in total. The SMILES string of the molecule is [C-]#[N+]c1ccccc1-c1cccc(-c2nc(-c3ccc(-c4ccccc4C#N)cc3-n3c4ccccc4c4c5oc6ccccc6c5ccc43)nc(-c3ccc(-c4ccccc4[N+]#[C-])cc3-n3c4ccccc4c4c5oc6ccccc6c5ccc43)n2)c1. The molecule has 0 saturated heterocycles. The van der Waals surface area contributed by atoms with Crippen molar-refractivity contribution in [2.24, 2.45) is 0 Å². The molecular formula is C78H42N8O2. The minimum atomic E-state index is 0.386. The Morgan fingerprint density at radius 1 is 0.341 bits per heavy atom. The van der Waals surface area contributed by atoms with Crippen LogP contribution < -0.4 is 0 Å². The van der Waals surface area contributed by atoms with E-state index in [1.807, 2.05) is 146 Å². The van der Waals surface area contributed by atoms with E-state index in [1.165, 1.54) is 0 Å². The molecule has 0 radical (unpaired) electrons. The summed E-state index contributed by atoms with van der Waals surface area (Å²) in [5.74, 6) is 1.17. The van der Waals surface area contributed by atoms with Gasteiger partial charge in [-0.2, -0.15) is 5.26 Å². The smallest absolute Gasteiger partial charge is 0.194 e. The molecule has 0 spiro atoms. The molecule has 0 aliphatic carbocycles. The van der Waals surface area contributed by atoms with Gasteiger partial charge in [0.1, 0.15) is 22.3 Å². The van der Waals surface area contributed by atoms with E-state index in [-0.39, 0.29) is 0 Å². The lowest BCUT2D eigenvalue weighted by molar-refractivity contribution is 0.672. The van der Waals surface area contributed by atoms with Gasteiger partial charge in [-0.3, -0.25) is 0 Å². The van der Waals surface area contributed by atoms with Gasteiger partial charge in [0, 0.05) is 49.0 Å². The minimum Gasteiger partial charge on any atom is -0.455 e. The maximum Gasteiger partial charge on any atom is 0.194 e. The van der Waals surface area contributed by atoms with Gasteiger partial charge in [-0.15, -0.1) is 0 Å². The molecule has 0 aliphatic heterocycles. The fraction of sp³-hybridized carbons (Fsp3) is 0. The number of para-hydroxylation sites is 6. The Morgan fingerprint density at radius 3 is 1.31 bits per heavy atom. The number of hydrogen-bond acceptors (Lipinski definition) is 6. The average molecular weight is 1120 g/mol. The molecule has 17 aromatic rings. The van der Waals surface area contributed by atoms with Crippen LogP contribution in [0.3, 0.4) is 0 Å². The Labute approximate surface area is 502 Å². The third kappa shape index (κ3) is 7.62. The molecule has 0 amide bonds. The molecule has 0 unspecified atom stereocenters. The van der Waals surface area contributed by atoms with Crippen molar-refractivity contribution in [3.05, 3.63) is 283 Å². The van der Waals surface area contributed by atoms with Crippen molar-refractivity contribution < 1.29 is 8.83 Å². The highest BCUT2D eigenvalue weighted by molar-refractivity contribution is 6.25. The number of aromatic nitrogens is 5. The first-order chi connectivity index (χ1) is 43.5. The van der Waals surface area contributed by atoms with Crippen LogP contribution in [0.4, 0.5) is 11.4 Å². The molecule has 12 aromatic carbocycles. The Hall–Kier alpha value is -12.7. The standard InChI is InChI=1S/C78H42N8O2/c1-80-62-28-11-5-22-52(62)46-19-17-20-49(42-46)76-82-77(60-36-34-47(51-21-4-3-18-50(51)45-79)43-68(60)85-64-30-13-7-26-58(64)72-66(85)40-38-56-54-24-9-15-32-70(54)87-74(56)72)84-78(83-76)61-37-35-48(53-23-6-12-29-63(53)81-2)44-69(61)86-65-31-14-8-27-59(65)73-67(86)41-39-57-55-25-10-16-33-71(55)88-75(57)73/h3-44H. The zero-order valence-electron chi connectivity index (χ0n) is 46.6. The van der Waals surface area contributed by atoms with E-state index in [1.54, 1.807) is 0 Å². The lowest BCUT2D eigenvalue weighted by atomic mass is 9.97. The Kier molecular flexibility index (Phi) is 11.2. The minimum absolute atomic E-state index is 0.386. The van der Waals surface area contributed by atoms with Crippen molar-refractivity contribution >= 4 is 98.9 Å². The summed E-state index contributed by atoms with van der Waals surface area (Å²) in [6, 6.07) is 87.6. The summed E-state index contributed by atoms with van der Waals surface area (Å²) in [5.41, 5.74) is 16.9. The van der Waals surface area contributed by atoms with E-state index in [0.29, 0.717) is 51.1 Å². The molecule has 5 aromatic heterocycles. The fourth-order valence-electron chi connectivity index (χ4n) is 13.2. The first-order valence-electron chi connectivity index (χ1n) is 28.8. The third-order valence-electron chi connectivity index (χ3n) is 17.1. The molecule has 10 heteroatoms. The van der Waals surface area contributed by atoms with Crippen LogP contribution in [0.1, 0.15) is 5.56 Å². The van der Waals surface area contributed by atoms with E-state index >= 15 is 0 Å². The molecule has 0 atom stereocenters. The summed E-state index contributed by atoms with van der Waals surface area (Å²) in [7, 11) is 0. The molecular weight excluding hydrogens is 1080 g/mol. The van der Waals surface area contributed by atoms with Crippen LogP contribution in [-0.4, -0.2) is 24.1 Å². The number of furan rings is 2. The summed E-state index contributed by atoms with van der Waals surface area (Å²) in [6.45, 7) is 16.4. The zero-order chi connectivity index (χ0) is 58.6. The molecule has 88 heavy (non-hydrogen) atoms. The van der Waals surface area contributed by atoms with Crippen molar-refractivity contribution in [3.8, 4) is 85.0 Å². The van der Waals surface area contributed by atoms with Crippen LogP contribution in [0, 0.1) is 24.5 Å². The number of hydrogen-bond donors (Lipinski definition) is 0. The quantitative estimate of drug-likeness (QED) is 0.140. The molecule has 0 bridgehead atoms. The highest BCUT2D eigenvalue weighted by Crippen LogP contribution is 2.47. The predicted octanol–water partition coefficient (Wildman–Crippen LogP) is 20.8. The zero-order valence-corrected chi connectivity index (χ0v) is 46.6. The van der Waals surface area contributed by atoms with Crippen LogP contribution in [0.25, 0.3) is 176 Å². The van der Waals surface area contributed by atoms with Crippen molar-refractivity contribution in [1.82, 2.24) is 24.1 Å². The molecule has 0 saturated carbocycles. The third-order valence-corrected chi connectivity index (χ3v) is 17.1. The highest BCUT2D eigenvalue weighted by atomic mass is 16.3. The van der Waals surface area contributed by atoms with Gasteiger partial charge < -0.3 is 18.0 Å². The van der Waals surface area contributed by atoms with Gasteiger partial charge in [0.2, 0.25) is 0 Å². The Bertz CT molecular complexity index is 5650. The summed E-state index contributed by atoms with van der Waals surface area (Å²) in [4.78, 5) is 24.6. The number of rotatable bonds is 8. The summed E-state index contributed by atoms with van der Waals surface area (Å²) in [6.07, 6.45) is 0. The number of nitriles is 1. The van der Waals surface area contributed by atoms with Gasteiger partial charge >= 0.3 is 0 Å². The summed E-state index contributed by atoms with van der Waals surface area (Å²) >= 11 is 0. The molecule has 406 valence electrons. The Morgan fingerprint density at radius 2 is 0.773 bits per heavy atom. The second kappa shape index (κ2) is 19.7. The summed E-state index contributed by atoms with van der Waals surface area (Å²) < 4.78 is 18.1. The molecule has 0 fully saturated rings. The van der Waals surface area contributed by atoms with Crippen molar-refractivity contribution in [3.63, 3.8) is 0 Å². The van der Waals surface area contributed by atoms with Gasteiger partial charge in [-0.25, -0.2) is 24.6 Å². The maximum atomic E-state index is 10.6. The maximum absolute atomic E-state index is 10.6. The largest absolute Gasteiger partial charge is 0.455 e. The van der Waals surface area contributed by atoms with Gasteiger partial charge in [0.25, 0.3) is 0 Å². The van der Waals surface area contributed by atoms with Crippen LogP contribution in [0.15, 0.2) is 264 Å². The van der Waals surface area contributed by atoms with Gasteiger partial charge in [-0.05, 0) is 118 Å². The van der Waals surface area contributed by atoms with Crippen molar-refractivity contribution in [1.29, 1.82) is 5.26 Å². The van der Waals surface area contributed by atoms with Gasteiger partial charge in [0.05, 0.1) is 69.0 Å². The first-order valence-corrected chi connectivity index (χ1v) is 28.8. The predicted molar refractivity (Wildman–Crippen MR) is 353 cm³/mol. The van der Waals surface area contributed by atoms with E-state index < -0.39 is 0 Å². The molecule has 0 N–H and O–H groups in total.